The molecule has 0 bridgehead atoms. The van der Waals surface area contributed by atoms with Crippen LogP contribution in [0.2, 0.25) is 0 Å². The van der Waals surface area contributed by atoms with Crippen LogP contribution < -0.4 is 11.1 Å². The quantitative estimate of drug-likeness (QED) is 0.526. The van der Waals surface area contributed by atoms with Gasteiger partial charge < -0.3 is 16.2 Å². The number of nitrogens with two attached hydrogens (primary N) is 1. The summed E-state index contributed by atoms with van der Waals surface area (Å²) in [6.07, 6.45) is 3.16. The summed E-state index contributed by atoms with van der Waals surface area (Å²) in [5.74, 6) is -0.104. The molecule has 1 rings (SSSR count). The summed E-state index contributed by atoms with van der Waals surface area (Å²) in [5.41, 5.74) is 7.17. The van der Waals surface area contributed by atoms with E-state index in [1.165, 1.54) is 6.08 Å². The van der Waals surface area contributed by atoms with E-state index in [1.54, 1.807) is 18.2 Å². The lowest BCUT2D eigenvalue weighted by Crippen LogP contribution is -2.27. The van der Waals surface area contributed by atoms with Crippen LogP contribution in [0.5, 0.6) is 0 Å². The summed E-state index contributed by atoms with van der Waals surface area (Å²) in [5, 5.41) is 11.5. The number of aliphatic hydroxyl groups is 1. The summed E-state index contributed by atoms with van der Waals surface area (Å²) in [6, 6.07) is 7.29. The molecule has 0 aromatic heterocycles. The highest BCUT2D eigenvalue weighted by Gasteiger charge is 2.01. The second-order valence-corrected chi connectivity index (χ2v) is 4.04. The highest BCUT2D eigenvalue weighted by molar-refractivity contribution is 5.91. The maximum atomic E-state index is 11.4. The van der Waals surface area contributed by atoms with Crippen molar-refractivity contribution in [1.29, 1.82) is 0 Å². The van der Waals surface area contributed by atoms with Crippen molar-refractivity contribution in [2.24, 2.45) is 5.92 Å². The van der Waals surface area contributed by atoms with Gasteiger partial charge in [0.15, 0.2) is 0 Å². The second kappa shape index (κ2) is 6.70. The molecule has 92 valence electrons. The maximum Gasteiger partial charge on any atom is 0.244 e. The summed E-state index contributed by atoms with van der Waals surface area (Å²) >= 11 is 0. The largest absolute Gasteiger partial charge is 0.399 e. The molecule has 0 radical (unpaired) electrons. The van der Waals surface area contributed by atoms with Gasteiger partial charge in [-0.3, -0.25) is 4.79 Å². The normalized spacial score (nSPS) is 12.6. The monoisotopic (exact) mass is 234 g/mol. The van der Waals surface area contributed by atoms with E-state index in [-0.39, 0.29) is 18.4 Å². The average molecular weight is 234 g/mol. The fourth-order valence-corrected chi connectivity index (χ4v) is 1.23. The number of carbonyl (C=O) groups excluding carboxylic acids is 1. The van der Waals surface area contributed by atoms with Crippen molar-refractivity contribution in [3.8, 4) is 0 Å². The molecule has 1 aromatic carbocycles. The third kappa shape index (κ3) is 5.17. The lowest BCUT2D eigenvalue weighted by molar-refractivity contribution is -0.116. The van der Waals surface area contributed by atoms with E-state index in [2.05, 4.69) is 5.32 Å². The number of benzene rings is 1. The Hall–Kier alpha value is -1.81. The van der Waals surface area contributed by atoms with Gasteiger partial charge in [0.25, 0.3) is 0 Å². The van der Waals surface area contributed by atoms with E-state index in [0.29, 0.717) is 12.2 Å². The Bertz CT molecular complexity index is 402. The zero-order valence-electron chi connectivity index (χ0n) is 9.89. The Morgan fingerprint density at radius 1 is 1.59 bits per heavy atom. The van der Waals surface area contributed by atoms with Crippen molar-refractivity contribution < 1.29 is 9.90 Å². The molecule has 0 aliphatic heterocycles. The third-order valence-electron chi connectivity index (χ3n) is 2.27. The van der Waals surface area contributed by atoms with Crippen molar-refractivity contribution in [2.75, 3.05) is 18.9 Å². The van der Waals surface area contributed by atoms with E-state index in [1.807, 2.05) is 19.1 Å². The Labute approximate surface area is 101 Å². The molecule has 0 fully saturated rings. The third-order valence-corrected chi connectivity index (χ3v) is 2.27. The first-order chi connectivity index (χ1) is 8.11. The summed E-state index contributed by atoms with van der Waals surface area (Å²) in [4.78, 5) is 11.4. The van der Waals surface area contributed by atoms with Gasteiger partial charge in [-0.25, -0.2) is 0 Å². The molecule has 0 aliphatic carbocycles. The van der Waals surface area contributed by atoms with Gasteiger partial charge >= 0.3 is 0 Å². The minimum Gasteiger partial charge on any atom is -0.399 e. The van der Waals surface area contributed by atoms with E-state index < -0.39 is 0 Å². The fourth-order valence-electron chi connectivity index (χ4n) is 1.23. The van der Waals surface area contributed by atoms with Crippen LogP contribution in [-0.4, -0.2) is 24.2 Å². The fraction of sp³-hybridized carbons (Fsp3) is 0.308. The van der Waals surface area contributed by atoms with Crippen molar-refractivity contribution in [2.45, 2.75) is 6.92 Å². The smallest absolute Gasteiger partial charge is 0.244 e. The van der Waals surface area contributed by atoms with Gasteiger partial charge in [-0.1, -0.05) is 19.1 Å². The first-order valence-corrected chi connectivity index (χ1v) is 5.54. The number of carbonyl (C=O) groups is 1. The number of aliphatic hydroxyl groups excluding tert-OH is 1. The van der Waals surface area contributed by atoms with Crippen molar-refractivity contribution >= 4 is 17.7 Å². The summed E-state index contributed by atoms with van der Waals surface area (Å²) in [7, 11) is 0. The molecule has 0 aliphatic rings. The Morgan fingerprint density at radius 2 is 2.35 bits per heavy atom. The minimum absolute atomic E-state index is 0.0687. The molecule has 0 saturated heterocycles. The van der Waals surface area contributed by atoms with E-state index in [0.717, 1.165) is 5.56 Å². The first-order valence-electron chi connectivity index (χ1n) is 5.54. The molecule has 0 heterocycles. The number of amides is 1. The number of hydrogen-bond donors (Lipinski definition) is 3. The maximum absolute atomic E-state index is 11.4. The minimum atomic E-state index is -0.173. The molecule has 1 atom stereocenters. The lowest BCUT2D eigenvalue weighted by Gasteiger charge is -2.07. The molecule has 4 N–H and O–H groups in total. The zero-order valence-corrected chi connectivity index (χ0v) is 9.89. The van der Waals surface area contributed by atoms with Crippen LogP contribution >= 0.6 is 0 Å². The molecule has 1 amide bonds. The molecular formula is C13H18N2O2. The van der Waals surface area contributed by atoms with Crippen LogP contribution in [-0.2, 0) is 4.79 Å². The van der Waals surface area contributed by atoms with Gasteiger partial charge in [0.05, 0.1) is 0 Å². The van der Waals surface area contributed by atoms with Gasteiger partial charge in [0, 0.05) is 24.9 Å². The van der Waals surface area contributed by atoms with Crippen LogP contribution in [0.4, 0.5) is 5.69 Å². The predicted octanol–water partition coefficient (Wildman–Crippen LogP) is 1.03. The van der Waals surface area contributed by atoms with Gasteiger partial charge in [0.2, 0.25) is 5.91 Å². The van der Waals surface area contributed by atoms with Crippen LogP contribution in [0.3, 0.4) is 0 Å². The molecular weight excluding hydrogens is 216 g/mol. The number of hydrogen-bond acceptors (Lipinski definition) is 3. The second-order valence-electron chi connectivity index (χ2n) is 4.04. The first kappa shape index (κ1) is 13.3. The Morgan fingerprint density at radius 3 is 3.00 bits per heavy atom. The average Bonchev–Trinajstić information content (AvgIpc) is 2.33. The number of rotatable bonds is 5. The molecule has 1 unspecified atom stereocenters. The summed E-state index contributed by atoms with van der Waals surface area (Å²) in [6.45, 7) is 2.40. The van der Waals surface area contributed by atoms with Crippen LogP contribution in [0.15, 0.2) is 30.3 Å². The van der Waals surface area contributed by atoms with E-state index in [4.69, 9.17) is 10.8 Å². The highest BCUT2D eigenvalue weighted by Crippen LogP contribution is 2.07. The Balaban J connectivity index is 2.45. The summed E-state index contributed by atoms with van der Waals surface area (Å²) < 4.78 is 0. The SMILES string of the molecule is CC(CO)CNC(=O)/C=C/c1cccc(N)c1. The number of anilines is 1. The van der Waals surface area contributed by atoms with Gasteiger partial charge in [-0.15, -0.1) is 0 Å². The van der Waals surface area contributed by atoms with Crippen molar-refractivity contribution in [3.05, 3.63) is 35.9 Å². The number of nitrogen functional groups attached to an aromatic ring is 1. The number of nitrogens with one attached hydrogen (secondary N) is 1. The molecule has 0 spiro atoms. The van der Waals surface area contributed by atoms with Crippen molar-refractivity contribution in [1.82, 2.24) is 5.32 Å². The van der Waals surface area contributed by atoms with Gasteiger partial charge in [0.1, 0.15) is 0 Å². The van der Waals surface area contributed by atoms with Gasteiger partial charge in [-0.2, -0.15) is 0 Å². The molecule has 4 nitrogen and oxygen atoms in total. The van der Waals surface area contributed by atoms with Crippen molar-refractivity contribution in [3.63, 3.8) is 0 Å². The van der Waals surface area contributed by atoms with Crippen LogP contribution in [0.25, 0.3) is 6.08 Å². The molecule has 17 heavy (non-hydrogen) atoms. The topological polar surface area (TPSA) is 75.3 Å². The Kier molecular flexibility index (Phi) is 5.23. The van der Waals surface area contributed by atoms with E-state index in [9.17, 15) is 4.79 Å². The standard InChI is InChI=1S/C13H18N2O2/c1-10(9-16)8-15-13(17)6-5-11-3-2-4-12(14)7-11/h2-7,10,16H,8-9,14H2,1H3,(H,15,17)/b6-5+. The van der Waals surface area contributed by atoms with Crippen LogP contribution in [0.1, 0.15) is 12.5 Å². The van der Waals surface area contributed by atoms with Gasteiger partial charge in [-0.05, 0) is 29.7 Å². The highest BCUT2D eigenvalue weighted by atomic mass is 16.3. The molecule has 0 saturated carbocycles. The lowest BCUT2D eigenvalue weighted by atomic mass is 10.2. The van der Waals surface area contributed by atoms with Crippen LogP contribution in [0, 0.1) is 5.92 Å². The molecule has 4 heteroatoms. The predicted molar refractivity (Wildman–Crippen MR) is 69.1 cm³/mol. The zero-order chi connectivity index (χ0) is 12.7. The van der Waals surface area contributed by atoms with E-state index >= 15 is 0 Å². The molecule has 1 aromatic rings.